The Morgan fingerprint density at radius 1 is 1.37 bits per heavy atom. The maximum atomic E-state index is 12.2. The van der Waals surface area contributed by atoms with Crippen LogP contribution in [0.3, 0.4) is 0 Å². The SMILES string of the molecule is COc1ccc2c(c1)CCC[C@H]2N[S@](=O)C(C)(C)C. The van der Waals surface area contributed by atoms with Crippen LogP contribution in [0, 0.1) is 0 Å². The van der Waals surface area contributed by atoms with Crippen molar-refractivity contribution in [1.82, 2.24) is 4.72 Å². The summed E-state index contributed by atoms with van der Waals surface area (Å²) in [6, 6.07) is 6.38. The van der Waals surface area contributed by atoms with E-state index in [0.29, 0.717) is 0 Å². The zero-order chi connectivity index (χ0) is 14.0. The highest BCUT2D eigenvalue weighted by Crippen LogP contribution is 2.33. The van der Waals surface area contributed by atoms with E-state index in [0.717, 1.165) is 25.0 Å². The first-order valence-corrected chi connectivity index (χ1v) is 7.91. The van der Waals surface area contributed by atoms with Crippen molar-refractivity contribution in [3.05, 3.63) is 29.3 Å². The lowest BCUT2D eigenvalue weighted by Gasteiger charge is -2.29. The van der Waals surface area contributed by atoms with Crippen molar-refractivity contribution in [2.24, 2.45) is 0 Å². The van der Waals surface area contributed by atoms with Crippen molar-refractivity contribution >= 4 is 11.0 Å². The zero-order valence-electron chi connectivity index (χ0n) is 12.2. The molecule has 1 N–H and O–H groups in total. The second kappa shape index (κ2) is 5.63. The summed E-state index contributed by atoms with van der Waals surface area (Å²) in [6.07, 6.45) is 3.24. The standard InChI is InChI=1S/C15H23NO2S/c1-15(2,3)19(17)16-14-7-5-6-11-10-12(18-4)8-9-13(11)14/h8-10,14,16H,5-7H2,1-4H3/t14-,19-/m1/s1. The first-order valence-electron chi connectivity index (χ1n) is 6.76. The molecule has 19 heavy (non-hydrogen) atoms. The van der Waals surface area contributed by atoms with Crippen molar-refractivity contribution < 1.29 is 8.95 Å². The normalized spacial score (nSPS) is 20.7. The van der Waals surface area contributed by atoms with Crippen LogP contribution >= 0.6 is 0 Å². The first kappa shape index (κ1) is 14.5. The fraction of sp³-hybridized carbons (Fsp3) is 0.600. The Bertz CT molecular complexity index is 480. The second-order valence-corrected chi connectivity index (χ2v) is 8.01. The van der Waals surface area contributed by atoms with E-state index in [9.17, 15) is 4.21 Å². The minimum absolute atomic E-state index is 0.190. The van der Waals surface area contributed by atoms with Crippen LogP contribution in [0.5, 0.6) is 5.75 Å². The number of fused-ring (bicyclic) bond motifs is 1. The van der Waals surface area contributed by atoms with Gasteiger partial charge >= 0.3 is 0 Å². The molecular formula is C15H23NO2S. The summed E-state index contributed by atoms with van der Waals surface area (Å²) in [5, 5.41) is 0. The van der Waals surface area contributed by atoms with Gasteiger partial charge in [0.25, 0.3) is 0 Å². The third-order valence-electron chi connectivity index (χ3n) is 3.47. The average molecular weight is 281 g/mol. The van der Waals surface area contributed by atoms with Gasteiger partial charge in [-0.05, 0) is 63.3 Å². The van der Waals surface area contributed by atoms with Crippen molar-refractivity contribution in [1.29, 1.82) is 0 Å². The van der Waals surface area contributed by atoms with Crippen molar-refractivity contribution in [2.45, 2.75) is 50.8 Å². The Morgan fingerprint density at radius 2 is 2.11 bits per heavy atom. The summed E-state index contributed by atoms with van der Waals surface area (Å²) in [6.45, 7) is 5.98. The van der Waals surface area contributed by atoms with E-state index in [1.807, 2.05) is 26.8 Å². The monoisotopic (exact) mass is 281 g/mol. The zero-order valence-corrected chi connectivity index (χ0v) is 13.0. The number of rotatable bonds is 3. The molecule has 0 saturated carbocycles. The third kappa shape index (κ3) is 3.37. The molecule has 0 bridgehead atoms. The largest absolute Gasteiger partial charge is 0.497 e. The Labute approximate surface area is 118 Å². The first-order chi connectivity index (χ1) is 8.91. The van der Waals surface area contributed by atoms with Gasteiger partial charge in [-0.3, -0.25) is 0 Å². The van der Waals surface area contributed by atoms with E-state index in [4.69, 9.17) is 4.74 Å². The third-order valence-corrected chi connectivity index (χ3v) is 5.08. The number of methoxy groups -OCH3 is 1. The molecule has 1 aromatic carbocycles. The van der Waals surface area contributed by atoms with Gasteiger partial charge in [0, 0.05) is 6.04 Å². The predicted octanol–water partition coefficient (Wildman–Crippen LogP) is 3.12. The van der Waals surface area contributed by atoms with Gasteiger partial charge in [-0.25, -0.2) is 8.93 Å². The smallest absolute Gasteiger partial charge is 0.119 e. The molecule has 0 radical (unpaired) electrons. The van der Waals surface area contributed by atoms with Gasteiger partial charge in [0.15, 0.2) is 0 Å². The summed E-state index contributed by atoms with van der Waals surface area (Å²) in [7, 11) is 0.659. The van der Waals surface area contributed by atoms with Crippen LogP contribution in [-0.2, 0) is 17.4 Å². The Kier molecular flexibility index (Phi) is 4.31. The molecular weight excluding hydrogens is 258 g/mol. The molecule has 106 valence electrons. The molecule has 1 aliphatic carbocycles. The maximum Gasteiger partial charge on any atom is 0.119 e. The van der Waals surface area contributed by atoms with Crippen LogP contribution in [0.15, 0.2) is 18.2 Å². The summed E-state index contributed by atoms with van der Waals surface area (Å²) >= 11 is 0. The van der Waals surface area contributed by atoms with Crippen LogP contribution in [0.25, 0.3) is 0 Å². The highest BCUT2D eigenvalue weighted by atomic mass is 32.2. The van der Waals surface area contributed by atoms with Crippen molar-refractivity contribution in [2.75, 3.05) is 7.11 Å². The van der Waals surface area contributed by atoms with Crippen molar-refractivity contribution in [3.63, 3.8) is 0 Å². The highest BCUT2D eigenvalue weighted by molar-refractivity contribution is 7.84. The van der Waals surface area contributed by atoms with Crippen LogP contribution < -0.4 is 9.46 Å². The Morgan fingerprint density at radius 3 is 2.74 bits per heavy atom. The van der Waals surface area contributed by atoms with E-state index in [1.54, 1.807) is 7.11 Å². The van der Waals surface area contributed by atoms with Crippen LogP contribution in [0.1, 0.15) is 50.8 Å². The van der Waals surface area contributed by atoms with Crippen LogP contribution in [0.4, 0.5) is 0 Å². The molecule has 2 atom stereocenters. The predicted molar refractivity (Wildman–Crippen MR) is 79.7 cm³/mol. The van der Waals surface area contributed by atoms with E-state index in [1.165, 1.54) is 11.1 Å². The van der Waals surface area contributed by atoms with E-state index >= 15 is 0 Å². The highest BCUT2D eigenvalue weighted by Gasteiger charge is 2.26. The molecule has 0 spiro atoms. The number of aryl methyl sites for hydroxylation is 1. The molecule has 2 rings (SSSR count). The average Bonchev–Trinajstić information content (AvgIpc) is 2.37. The minimum Gasteiger partial charge on any atom is -0.497 e. The number of hydrogen-bond acceptors (Lipinski definition) is 2. The summed E-state index contributed by atoms with van der Waals surface area (Å²) in [5.41, 5.74) is 2.58. The molecule has 0 fully saturated rings. The molecule has 4 heteroatoms. The van der Waals surface area contributed by atoms with Gasteiger partial charge in [-0.2, -0.15) is 0 Å². The molecule has 0 aliphatic heterocycles. The molecule has 0 saturated heterocycles. The quantitative estimate of drug-likeness (QED) is 0.924. The van der Waals surface area contributed by atoms with Gasteiger partial charge in [0.05, 0.1) is 22.8 Å². The van der Waals surface area contributed by atoms with Gasteiger partial charge in [0.1, 0.15) is 5.75 Å². The molecule has 1 aromatic rings. The topological polar surface area (TPSA) is 38.3 Å². The summed E-state index contributed by atoms with van der Waals surface area (Å²) in [4.78, 5) is 0. The lowest BCUT2D eigenvalue weighted by Crippen LogP contribution is -2.36. The van der Waals surface area contributed by atoms with Crippen molar-refractivity contribution in [3.8, 4) is 5.75 Å². The second-order valence-electron chi connectivity index (χ2n) is 6.01. The van der Waals surface area contributed by atoms with E-state index < -0.39 is 11.0 Å². The van der Waals surface area contributed by atoms with Gasteiger partial charge in [-0.15, -0.1) is 0 Å². The molecule has 1 aliphatic rings. The van der Waals surface area contributed by atoms with Crippen LogP contribution in [-0.4, -0.2) is 16.1 Å². The number of benzene rings is 1. The number of hydrogen-bond donors (Lipinski definition) is 1. The fourth-order valence-electron chi connectivity index (χ4n) is 2.35. The van der Waals surface area contributed by atoms with Crippen LogP contribution in [0.2, 0.25) is 0 Å². The molecule has 0 aromatic heterocycles. The lowest BCUT2D eigenvalue weighted by atomic mass is 9.88. The summed E-state index contributed by atoms with van der Waals surface area (Å²) < 4.78 is 20.6. The van der Waals surface area contributed by atoms with E-state index in [2.05, 4.69) is 16.9 Å². The number of nitrogens with one attached hydrogen (secondary N) is 1. The molecule has 0 unspecified atom stereocenters. The summed E-state index contributed by atoms with van der Waals surface area (Å²) in [5.74, 6) is 0.899. The van der Waals surface area contributed by atoms with Gasteiger partial charge in [-0.1, -0.05) is 6.07 Å². The minimum atomic E-state index is -1.03. The van der Waals surface area contributed by atoms with Gasteiger partial charge < -0.3 is 4.74 Å². The van der Waals surface area contributed by atoms with E-state index in [-0.39, 0.29) is 10.8 Å². The number of ether oxygens (including phenoxy) is 1. The Balaban J connectivity index is 2.21. The lowest BCUT2D eigenvalue weighted by molar-refractivity contribution is 0.412. The van der Waals surface area contributed by atoms with Gasteiger partial charge in [0.2, 0.25) is 0 Å². The maximum absolute atomic E-state index is 12.2. The fourth-order valence-corrected chi connectivity index (χ4v) is 3.20. The molecule has 0 amide bonds. The molecule has 0 heterocycles. The molecule has 3 nitrogen and oxygen atoms in total. The Hall–Kier alpha value is -0.870.